The Morgan fingerprint density at radius 1 is 0.420 bits per heavy atom. The van der Waals surface area contributed by atoms with Crippen molar-refractivity contribution in [3.05, 3.63) is 187 Å². The monoisotopic (exact) mass is 636 g/mol. The maximum Gasteiger partial charge on any atom is 0.205 e. The summed E-state index contributed by atoms with van der Waals surface area (Å²) in [5.41, 5.74) is 14.0. The van der Waals surface area contributed by atoms with Crippen LogP contribution in [0.25, 0.3) is 82.4 Å². The molecule has 0 unspecified atom stereocenters. The quantitative estimate of drug-likeness (QED) is 0.171. The van der Waals surface area contributed by atoms with Crippen LogP contribution in [0.3, 0.4) is 0 Å². The Morgan fingerprint density at radius 3 is 1.32 bits per heavy atom. The molecule has 8 rings (SSSR count). The van der Waals surface area contributed by atoms with Crippen molar-refractivity contribution in [3.8, 4) is 72.8 Å². The van der Waals surface area contributed by atoms with Gasteiger partial charge >= 0.3 is 0 Å². The number of nitrogens with zero attached hydrogens (tertiary/aromatic N) is 4. The third kappa shape index (κ3) is 5.58. The minimum absolute atomic E-state index is 0.521. The molecule has 6 aromatic carbocycles. The molecule has 0 aliphatic carbocycles. The summed E-state index contributed by atoms with van der Waals surface area (Å²) < 4.78 is 0. The lowest BCUT2D eigenvalue weighted by Gasteiger charge is -2.24. The summed E-state index contributed by atoms with van der Waals surface area (Å²) in [6, 6.07) is 53.1. The highest BCUT2D eigenvalue weighted by Gasteiger charge is 2.24. The van der Waals surface area contributed by atoms with Crippen LogP contribution in [0.5, 0.6) is 0 Å². The fourth-order valence-electron chi connectivity index (χ4n) is 6.79. The van der Waals surface area contributed by atoms with Crippen LogP contribution in [0.15, 0.2) is 170 Å². The number of rotatable bonds is 6. The Kier molecular flexibility index (Phi) is 7.95. The number of hydrogen-bond donors (Lipinski definition) is 0. The molecule has 0 aliphatic heterocycles. The summed E-state index contributed by atoms with van der Waals surface area (Å²) in [6.45, 7) is 7.44. The van der Waals surface area contributed by atoms with Gasteiger partial charge < -0.3 is 0 Å². The lowest BCUT2D eigenvalue weighted by molar-refractivity contribution is 1.30. The van der Waals surface area contributed by atoms with E-state index in [1.54, 1.807) is 24.8 Å². The van der Waals surface area contributed by atoms with Gasteiger partial charge in [0.1, 0.15) is 6.07 Å². The third-order valence-corrected chi connectivity index (χ3v) is 9.07. The molecule has 0 amide bonds. The van der Waals surface area contributed by atoms with Crippen LogP contribution in [0.2, 0.25) is 0 Å². The molecule has 8 aromatic rings. The molecule has 4 nitrogen and oxygen atoms in total. The van der Waals surface area contributed by atoms with Crippen molar-refractivity contribution < 1.29 is 0 Å². The van der Waals surface area contributed by atoms with Crippen molar-refractivity contribution in [1.82, 2.24) is 9.97 Å². The first-order chi connectivity index (χ1) is 24.7. The minimum atomic E-state index is 0.521. The minimum Gasteiger partial charge on any atom is -0.276 e. The van der Waals surface area contributed by atoms with Crippen LogP contribution in [-0.2, 0) is 0 Å². The van der Waals surface area contributed by atoms with Gasteiger partial charge in [0.25, 0.3) is 0 Å². The van der Waals surface area contributed by atoms with Crippen LogP contribution in [0.4, 0.5) is 5.69 Å². The first-order valence-corrected chi connectivity index (χ1v) is 16.3. The van der Waals surface area contributed by atoms with Crippen LogP contribution in [0.1, 0.15) is 5.56 Å². The van der Waals surface area contributed by atoms with E-state index in [0.29, 0.717) is 11.3 Å². The SMILES string of the molecule is [C-]#[N+]c1cncc(-c2ccc(-c3c(-c4ccccc4)c(-c4ccccc4)c(-c4ccc(-c5cncc(C#N)c5)cc4)c4ccccc34)cc2)c1. The second-order valence-corrected chi connectivity index (χ2v) is 12.1. The van der Waals surface area contributed by atoms with E-state index in [9.17, 15) is 5.26 Å². The first-order valence-electron chi connectivity index (χ1n) is 16.3. The van der Waals surface area contributed by atoms with Crippen LogP contribution in [0, 0.1) is 17.9 Å². The van der Waals surface area contributed by atoms with E-state index < -0.39 is 0 Å². The normalized spacial score (nSPS) is 10.8. The zero-order chi connectivity index (χ0) is 33.9. The van der Waals surface area contributed by atoms with Crippen molar-refractivity contribution >= 4 is 16.5 Å². The molecule has 232 valence electrons. The Labute approximate surface area is 291 Å². The zero-order valence-electron chi connectivity index (χ0n) is 27.0. The van der Waals surface area contributed by atoms with E-state index in [-0.39, 0.29) is 0 Å². The largest absolute Gasteiger partial charge is 0.276 e. The van der Waals surface area contributed by atoms with Crippen LogP contribution in [-0.4, -0.2) is 9.97 Å². The van der Waals surface area contributed by atoms with E-state index >= 15 is 0 Å². The average molecular weight is 637 g/mol. The Morgan fingerprint density at radius 2 is 0.840 bits per heavy atom. The predicted octanol–water partition coefficient (Wildman–Crippen LogP) is 12.1. The number of benzene rings is 6. The van der Waals surface area contributed by atoms with Crippen LogP contribution >= 0.6 is 0 Å². The maximum absolute atomic E-state index is 9.45. The second-order valence-electron chi connectivity index (χ2n) is 12.1. The molecular weight excluding hydrogens is 609 g/mol. The Balaban J connectivity index is 1.41. The third-order valence-electron chi connectivity index (χ3n) is 9.07. The fourth-order valence-corrected chi connectivity index (χ4v) is 6.79. The van der Waals surface area contributed by atoms with Gasteiger partial charge in [0, 0.05) is 30.4 Å². The molecule has 0 saturated heterocycles. The summed E-state index contributed by atoms with van der Waals surface area (Å²) in [5, 5.41) is 11.8. The summed E-state index contributed by atoms with van der Waals surface area (Å²) in [6.07, 6.45) is 6.78. The predicted molar refractivity (Wildman–Crippen MR) is 203 cm³/mol. The standard InChI is InChI=1S/C46H28N4/c1-48-40-25-39(29-50-30-40)33-18-22-37(23-19-33)44-42-15-9-8-14-41(42)43(36-20-16-32(17-21-36)38-24-31(26-47)27-49-28-38)45(34-10-4-2-5-11-34)46(44)35-12-6-3-7-13-35/h2-25,27-30H. The topological polar surface area (TPSA) is 53.9 Å². The molecule has 0 saturated carbocycles. The van der Waals surface area contributed by atoms with E-state index in [4.69, 9.17) is 6.57 Å². The average Bonchev–Trinajstić information content (AvgIpc) is 3.20. The Hall–Kier alpha value is -7.14. The lowest BCUT2D eigenvalue weighted by Crippen LogP contribution is -1.97. The van der Waals surface area contributed by atoms with Crippen molar-refractivity contribution in [1.29, 1.82) is 5.26 Å². The maximum atomic E-state index is 9.45. The van der Waals surface area contributed by atoms with Gasteiger partial charge in [-0.3, -0.25) is 9.97 Å². The smallest absolute Gasteiger partial charge is 0.205 e. The number of pyridine rings is 2. The molecule has 0 atom stereocenters. The van der Waals surface area contributed by atoms with Gasteiger partial charge in [-0.15, -0.1) is 0 Å². The molecule has 0 N–H and O–H groups in total. The van der Waals surface area contributed by atoms with Crippen molar-refractivity contribution in [3.63, 3.8) is 0 Å². The summed E-state index contributed by atoms with van der Waals surface area (Å²) in [4.78, 5) is 12.1. The van der Waals surface area contributed by atoms with Crippen LogP contribution < -0.4 is 0 Å². The highest BCUT2D eigenvalue weighted by atomic mass is 14.7. The Bertz CT molecular complexity index is 2390. The van der Waals surface area contributed by atoms with E-state index in [1.807, 2.05) is 12.1 Å². The molecule has 0 fully saturated rings. The summed E-state index contributed by atoms with van der Waals surface area (Å²) in [5.74, 6) is 0. The lowest BCUT2D eigenvalue weighted by atomic mass is 9.78. The van der Waals surface area contributed by atoms with Gasteiger partial charge in [-0.25, -0.2) is 4.85 Å². The zero-order valence-corrected chi connectivity index (χ0v) is 27.0. The van der Waals surface area contributed by atoms with Gasteiger partial charge in [0.05, 0.1) is 12.1 Å². The summed E-state index contributed by atoms with van der Waals surface area (Å²) in [7, 11) is 0. The first kappa shape index (κ1) is 30.2. The van der Waals surface area contributed by atoms with Gasteiger partial charge in [-0.2, -0.15) is 5.26 Å². The molecule has 2 aromatic heterocycles. The molecular formula is C46H28N4. The van der Waals surface area contributed by atoms with Crippen molar-refractivity contribution in [2.45, 2.75) is 0 Å². The summed E-state index contributed by atoms with van der Waals surface area (Å²) >= 11 is 0. The van der Waals surface area contributed by atoms with Gasteiger partial charge in [-0.1, -0.05) is 133 Å². The highest BCUT2D eigenvalue weighted by Crippen LogP contribution is 2.51. The van der Waals surface area contributed by atoms with E-state index in [1.165, 1.54) is 0 Å². The van der Waals surface area contributed by atoms with Gasteiger partial charge in [0.2, 0.25) is 5.69 Å². The molecule has 2 heterocycles. The van der Waals surface area contributed by atoms with E-state index in [2.05, 4.69) is 154 Å². The number of fused-ring (bicyclic) bond motifs is 1. The number of nitriles is 1. The molecule has 50 heavy (non-hydrogen) atoms. The fraction of sp³-hybridized carbons (Fsp3) is 0. The van der Waals surface area contributed by atoms with E-state index in [0.717, 1.165) is 77.5 Å². The molecule has 0 bridgehead atoms. The molecule has 0 aliphatic rings. The van der Waals surface area contributed by atoms with Gasteiger partial charge in [-0.05, 0) is 84.1 Å². The molecule has 0 spiro atoms. The number of aromatic nitrogens is 2. The molecule has 0 radical (unpaired) electrons. The van der Waals surface area contributed by atoms with Gasteiger partial charge in [0.15, 0.2) is 0 Å². The highest BCUT2D eigenvalue weighted by molar-refractivity contribution is 6.18. The molecule has 4 heteroatoms. The van der Waals surface area contributed by atoms with Crippen molar-refractivity contribution in [2.24, 2.45) is 0 Å². The second kappa shape index (κ2) is 13.2. The van der Waals surface area contributed by atoms with Crippen molar-refractivity contribution in [2.75, 3.05) is 0 Å². The number of hydrogen-bond acceptors (Lipinski definition) is 3.